The van der Waals surface area contributed by atoms with E-state index in [0.29, 0.717) is 0 Å². The fourth-order valence-electron chi connectivity index (χ4n) is 2.35. The predicted octanol–water partition coefficient (Wildman–Crippen LogP) is 3.98. The molecule has 0 saturated carbocycles. The van der Waals surface area contributed by atoms with Gasteiger partial charge < -0.3 is 9.73 Å². The SMILES string of the molecule is CCCNCc1occc1C1=CCC(C)CC1. The lowest BCUT2D eigenvalue weighted by Gasteiger charge is -2.18. The van der Waals surface area contributed by atoms with Crippen molar-refractivity contribution in [3.8, 4) is 0 Å². The molecule has 2 rings (SSSR count). The third kappa shape index (κ3) is 3.22. The summed E-state index contributed by atoms with van der Waals surface area (Å²) < 4.78 is 5.59. The summed E-state index contributed by atoms with van der Waals surface area (Å²) in [5.74, 6) is 1.94. The number of allylic oxidation sites excluding steroid dienone is 2. The van der Waals surface area contributed by atoms with Crippen molar-refractivity contribution in [3.05, 3.63) is 29.7 Å². The van der Waals surface area contributed by atoms with Gasteiger partial charge in [-0.25, -0.2) is 0 Å². The number of hydrogen-bond donors (Lipinski definition) is 1. The van der Waals surface area contributed by atoms with E-state index in [9.17, 15) is 0 Å². The molecule has 2 heteroatoms. The Labute approximate surface area is 104 Å². The lowest BCUT2D eigenvalue weighted by molar-refractivity contribution is 0.480. The highest BCUT2D eigenvalue weighted by Gasteiger charge is 2.15. The molecular weight excluding hydrogens is 210 g/mol. The van der Waals surface area contributed by atoms with E-state index in [1.54, 1.807) is 0 Å². The number of furan rings is 1. The maximum Gasteiger partial charge on any atom is 0.124 e. The van der Waals surface area contributed by atoms with E-state index in [0.717, 1.165) is 31.2 Å². The first-order chi connectivity index (χ1) is 8.31. The molecule has 1 aromatic rings. The molecule has 1 heterocycles. The van der Waals surface area contributed by atoms with E-state index in [4.69, 9.17) is 4.42 Å². The van der Waals surface area contributed by atoms with E-state index >= 15 is 0 Å². The first kappa shape index (κ1) is 12.4. The van der Waals surface area contributed by atoms with Crippen molar-refractivity contribution in [3.63, 3.8) is 0 Å². The highest BCUT2D eigenvalue weighted by Crippen LogP contribution is 2.32. The summed E-state index contributed by atoms with van der Waals surface area (Å²) in [6, 6.07) is 2.12. The summed E-state index contributed by atoms with van der Waals surface area (Å²) in [4.78, 5) is 0. The minimum atomic E-state index is 0.840. The van der Waals surface area contributed by atoms with Crippen LogP contribution in [0.1, 0.15) is 50.9 Å². The van der Waals surface area contributed by atoms with E-state index in [-0.39, 0.29) is 0 Å². The molecule has 0 aliphatic heterocycles. The smallest absolute Gasteiger partial charge is 0.124 e. The van der Waals surface area contributed by atoms with Crippen molar-refractivity contribution in [2.45, 2.75) is 46.1 Å². The molecule has 1 aliphatic carbocycles. The third-order valence-corrected chi connectivity index (χ3v) is 3.48. The van der Waals surface area contributed by atoms with E-state index in [2.05, 4.69) is 31.3 Å². The van der Waals surface area contributed by atoms with Crippen LogP contribution in [0.25, 0.3) is 5.57 Å². The van der Waals surface area contributed by atoms with Crippen molar-refractivity contribution in [1.82, 2.24) is 5.32 Å². The van der Waals surface area contributed by atoms with Crippen LogP contribution >= 0.6 is 0 Å². The summed E-state index contributed by atoms with van der Waals surface area (Å²) in [5.41, 5.74) is 2.80. The Bertz CT molecular complexity index is 378. The Balaban J connectivity index is 2.03. The molecule has 1 aliphatic rings. The zero-order valence-corrected chi connectivity index (χ0v) is 11.0. The molecule has 17 heavy (non-hydrogen) atoms. The minimum Gasteiger partial charge on any atom is -0.467 e. The highest BCUT2D eigenvalue weighted by molar-refractivity contribution is 5.67. The highest BCUT2D eigenvalue weighted by atomic mass is 16.3. The first-order valence-corrected chi connectivity index (χ1v) is 6.77. The molecule has 1 unspecified atom stereocenters. The van der Waals surface area contributed by atoms with Gasteiger partial charge in [-0.2, -0.15) is 0 Å². The summed E-state index contributed by atoms with van der Waals surface area (Å²) in [7, 11) is 0. The second-order valence-electron chi connectivity index (χ2n) is 5.04. The largest absolute Gasteiger partial charge is 0.467 e. The van der Waals surface area contributed by atoms with Crippen LogP contribution in [0.2, 0.25) is 0 Å². The molecule has 0 fully saturated rings. The van der Waals surface area contributed by atoms with Crippen LogP contribution in [-0.4, -0.2) is 6.54 Å². The number of rotatable bonds is 5. The van der Waals surface area contributed by atoms with Gasteiger partial charge >= 0.3 is 0 Å². The monoisotopic (exact) mass is 233 g/mol. The van der Waals surface area contributed by atoms with Crippen LogP contribution < -0.4 is 5.32 Å². The van der Waals surface area contributed by atoms with Gasteiger partial charge in [0.15, 0.2) is 0 Å². The summed E-state index contributed by atoms with van der Waals surface area (Å²) >= 11 is 0. The second kappa shape index (κ2) is 6.06. The molecule has 2 nitrogen and oxygen atoms in total. The Kier molecular flexibility index (Phi) is 4.43. The molecule has 0 spiro atoms. The summed E-state index contributed by atoms with van der Waals surface area (Å²) in [6.45, 7) is 6.41. The van der Waals surface area contributed by atoms with Gasteiger partial charge in [0, 0.05) is 5.56 Å². The normalized spacial score (nSPS) is 20.4. The van der Waals surface area contributed by atoms with Crippen LogP contribution in [0.15, 0.2) is 22.8 Å². The average Bonchev–Trinajstić information content (AvgIpc) is 2.79. The molecule has 0 saturated heterocycles. The van der Waals surface area contributed by atoms with Gasteiger partial charge in [-0.3, -0.25) is 0 Å². The Morgan fingerprint density at radius 3 is 3.06 bits per heavy atom. The number of nitrogens with one attached hydrogen (secondary N) is 1. The molecule has 0 bridgehead atoms. The van der Waals surface area contributed by atoms with Crippen LogP contribution in [0, 0.1) is 5.92 Å². The Morgan fingerprint density at radius 1 is 1.47 bits per heavy atom. The zero-order valence-electron chi connectivity index (χ0n) is 11.0. The predicted molar refractivity (Wildman–Crippen MR) is 71.7 cm³/mol. The average molecular weight is 233 g/mol. The Hall–Kier alpha value is -1.02. The zero-order chi connectivity index (χ0) is 12.1. The molecule has 94 valence electrons. The molecule has 1 N–H and O–H groups in total. The summed E-state index contributed by atoms with van der Waals surface area (Å²) in [6.07, 6.45) is 9.08. The quantitative estimate of drug-likeness (QED) is 0.778. The van der Waals surface area contributed by atoms with Gasteiger partial charge in [-0.05, 0) is 49.8 Å². The van der Waals surface area contributed by atoms with Gasteiger partial charge in [-0.1, -0.05) is 19.9 Å². The molecule has 1 aromatic heterocycles. The van der Waals surface area contributed by atoms with E-state index in [1.165, 1.54) is 30.4 Å². The maximum absolute atomic E-state index is 5.59. The maximum atomic E-state index is 5.59. The van der Waals surface area contributed by atoms with Crippen LogP contribution in [-0.2, 0) is 6.54 Å². The van der Waals surface area contributed by atoms with E-state index < -0.39 is 0 Å². The molecule has 0 radical (unpaired) electrons. The lowest BCUT2D eigenvalue weighted by Crippen LogP contribution is -2.14. The van der Waals surface area contributed by atoms with Crippen molar-refractivity contribution in [2.24, 2.45) is 5.92 Å². The van der Waals surface area contributed by atoms with Crippen LogP contribution in [0.5, 0.6) is 0 Å². The minimum absolute atomic E-state index is 0.840. The third-order valence-electron chi connectivity index (χ3n) is 3.48. The topological polar surface area (TPSA) is 25.2 Å². The first-order valence-electron chi connectivity index (χ1n) is 6.77. The van der Waals surface area contributed by atoms with E-state index in [1.807, 2.05) is 6.26 Å². The van der Waals surface area contributed by atoms with Gasteiger partial charge in [0.25, 0.3) is 0 Å². The van der Waals surface area contributed by atoms with Crippen molar-refractivity contribution < 1.29 is 4.42 Å². The van der Waals surface area contributed by atoms with Crippen molar-refractivity contribution in [2.75, 3.05) is 6.54 Å². The molecule has 0 amide bonds. The second-order valence-corrected chi connectivity index (χ2v) is 5.04. The van der Waals surface area contributed by atoms with Crippen molar-refractivity contribution >= 4 is 5.57 Å². The molecule has 1 atom stereocenters. The lowest BCUT2D eigenvalue weighted by atomic mass is 9.88. The van der Waals surface area contributed by atoms with Gasteiger partial charge in [0.2, 0.25) is 0 Å². The van der Waals surface area contributed by atoms with Gasteiger partial charge in [0.1, 0.15) is 5.76 Å². The standard InChI is InChI=1S/C15H23NO/c1-3-9-16-11-15-14(8-10-17-15)13-6-4-12(2)5-7-13/h6,8,10,12,16H,3-5,7,9,11H2,1-2H3. The fraction of sp³-hybridized carbons (Fsp3) is 0.600. The summed E-state index contributed by atoms with van der Waals surface area (Å²) in [5, 5.41) is 3.40. The number of hydrogen-bond acceptors (Lipinski definition) is 2. The Morgan fingerprint density at radius 2 is 2.35 bits per heavy atom. The van der Waals surface area contributed by atoms with Gasteiger partial charge in [0.05, 0.1) is 12.8 Å². The van der Waals surface area contributed by atoms with Crippen LogP contribution in [0.4, 0.5) is 0 Å². The molecule has 0 aromatic carbocycles. The fourth-order valence-corrected chi connectivity index (χ4v) is 2.35. The van der Waals surface area contributed by atoms with Gasteiger partial charge in [-0.15, -0.1) is 0 Å². The van der Waals surface area contributed by atoms with Crippen molar-refractivity contribution in [1.29, 1.82) is 0 Å². The van der Waals surface area contributed by atoms with Crippen LogP contribution in [0.3, 0.4) is 0 Å². The molecular formula is C15H23NO.